The molecule has 2 N–H and O–H groups in total. The van der Waals surface area contributed by atoms with E-state index in [4.69, 9.17) is 0 Å². The van der Waals surface area contributed by atoms with Gasteiger partial charge in [0.2, 0.25) is 10.0 Å². The van der Waals surface area contributed by atoms with Crippen molar-refractivity contribution in [3.63, 3.8) is 0 Å². The van der Waals surface area contributed by atoms with Crippen LogP contribution in [0.25, 0.3) is 0 Å². The minimum absolute atomic E-state index is 0.0511. The molecule has 0 fully saturated rings. The number of benzene rings is 1. The van der Waals surface area contributed by atoms with Crippen LogP contribution in [0.3, 0.4) is 0 Å². The number of sulfonamides is 1. The first-order valence-electron chi connectivity index (χ1n) is 6.34. The second kappa shape index (κ2) is 6.98. The molecule has 0 amide bonds. The maximum Gasteiger partial charge on any atom is 0.240 e. The van der Waals surface area contributed by atoms with Gasteiger partial charge < -0.3 is 5.11 Å². The van der Waals surface area contributed by atoms with Crippen LogP contribution in [0, 0.1) is 11.7 Å². The highest BCUT2D eigenvalue weighted by molar-refractivity contribution is 7.89. The molecule has 1 aromatic carbocycles. The van der Waals surface area contributed by atoms with Crippen molar-refractivity contribution >= 4 is 10.0 Å². The summed E-state index contributed by atoms with van der Waals surface area (Å²) in [6.07, 6.45) is 0.817. The minimum Gasteiger partial charge on any atom is -0.391 e. The van der Waals surface area contributed by atoms with E-state index in [2.05, 4.69) is 4.72 Å². The van der Waals surface area contributed by atoms with Crippen LogP contribution in [0.5, 0.6) is 0 Å². The lowest BCUT2D eigenvalue weighted by molar-refractivity contribution is 0.107. The van der Waals surface area contributed by atoms with Gasteiger partial charge in [-0.3, -0.25) is 0 Å². The van der Waals surface area contributed by atoms with E-state index in [1.165, 1.54) is 18.2 Å². The second-order valence-electron chi connectivity index (χ2n) is 4.45. The van der Waals surface area contributed by atoms with Crippen molar-refractivity contribution in [2.75, 3.05) is 6.54 Å². The van der Waals surface area contributed by atoms with Crippen LogP contribution in [-0.4, -0.2) is 26.2 Å². The fourth-order valence-corrected chi connectivity index (χ4v) is 2.99. The SMILES string of the molecule is CCC(CC)C(O)CNS(=O)(=O)c1cccc(F)c1. The maximum absolute atomic E-state index is 13.0. The molecule has 1 aromatic rings. The van der Waals surface area contributed by atoms with Gasteiger partial charge in [0, 0.05) is 6.54 Å². The van der Waals surface area contributed by atoms with Crippen LogP contribution in [0.15, 0.2) is 29.2 Å². The van der Waals surface area contributed by atoms with Crippen molar-refractivity contribution < 1.29 is 17.9 Å². The van der Waals surface area contributed by atoms with Crippen molar-refractivity contribution in [3.8, 4) is 0 Å². The Balaban J connectivity index is 2.71. The van der Waals surface area contributed by atoms with Gasteiger partial charge in [0.05, 0.1) is 11.0 Å². The van der Waals surface area contributed by atoms with Crippen LogP contribution < -0.4 is 4.72 Å². The Morgan fingerprint density at radius 3 is 2.47 bits per heavy atom. The molecule has 0 saturated heterocycles. The summed E-state index contributed by atoms with van der Waals surface area (Å²) in [5.41, 5.74) is 0. The van der Waals surface area contributed by atoms with E-state index in [1.807, 2.05) is 13.8 Å². The third-order valence-electron chi connectivity index (χ3n) is 3.18. The molecule has 1 unspecified atom stereocenters. The van der Waals surface area contributed by atoms with E-state index in [-0.39, 0.29) is 17.4 Å². The molecule has 0 aliphatic heterocycles. The summed E-state index contributed by atoms with van der Waals surface area (Å²) in [6, 6.07) is 4.78. The van der Waals surface area contributed by atoms with Crippen molar-refractivity contribution in [2.45, 2.75) is 37.7 Å². The number of hydrogen-bond donors (Lipinski definition) is 2. The lowest BCUT2D eigenvalue weighted by Crippen LogP contribution is -2.36. The minimum atomic E-state index is -3.78. The molecule has 0 radical (unpaired) electrons. The van der Waals surface area contributed by atoms with E-state index in [1.54, 1.807) is 0 Å². The largest absolute Gasteiger partial charge is 0.391 e. The molecule has 1 atom stereocenters. The van der Waals surface area contributed by atoms with Crippen LogP contribution in [-0.2, 0) is 10.0 Å². The molecule has 0 spiro atoms. The third-order valence-corrected chi connectivity index (χ3v) is 4.60. The van der Waals surface area contributed by atoms with E-state index in [9.17, 15) is 17.9 Å². The predicted molar refractivity (Wildman–Crippen MR) is 71.7 cm³/mol. The highest BCUT2D eigenvalue weighted by atomic mass is 32.2. The lowest BCUT2D eigenvalue weighted by Gasteiger charge is -2.20. The van der Waals surface area contributed by atoms with Gasteiger partial charge in [-0.1, -0.05) is 32.8 Å². The van der Waals surface area contributed by atoms with Gasteiger partial charge in [-0.15, -0.1) is 0 Å². The van der Waals surface area contributed by atoms with Gasteiger partial charge in [-0.05, 0) is 24.1 Å². The highest BCUT2D eigenvalue weighted by Crippen LogP contribution is 2.14. The van der Waals surface area contributed by atoms with E-state index < -0.39 is 21.9 Å². The Morgan fingerprint density at radius 1 is 1.32 bits per heavy atom. The zero-order valence-electron chi connectivity index (χ0n) is 11.1. The molecule has 108 valence electrons. The number of rotatable bonds is 7. The average Bonchev–Trinajstić information content (AvgIpc) is 2.38. The molecule has 0 bridgehead atoms. The fourth-order valence-electron chi connectivity index (χ4n) is 1.91. The van der Waals surface area contributed by atoms with E-state index in [0.29, 0.717) is 0 Å². The molecule has 4 nitrogen and oxygen atoms in total. The third kappa shape index (κ3) is 4.56. The molecular weight excluding hydrogens is 269 g/mol. The van der Waals surface area contributed by atoms with Crippen LogP contribution in [0.2, 0.25) is 0 Å². The van der Waals surface area contributed by atoms with Crippen LogP contribution in [0.1, 0.15) is 26.7 Å². The first-order chi connectivity index (χ1) is 8.90. The Hall–Kier alpha value is -0.980. The fraction of sp³-hybridized carbons (Fsp3) is 0.538. The average molecular weight is 289 g/mol. The van der Waals surface area contributed by atoms with Crippen LogP contribution >= 0.6 is 0 Å². The monoisotopic (exact) mass is 289 g/mol. The van der Waals surface area contributed by atoms with Gasteiger partial charge in [0.25, 0.3) is 0 Å². The zero-order chi connectivity index (χ0) is 14.5. The first kappa shape index (κ1) is 16.1. The molecule has 0 aromatic heterocycles. The second-order valence-corrected chi connectivity index (χ2v) is 6.22. The number of aliphatic hydroxyl groups excluding tert-OH is 1. The van der Waals surface area contributed by atoms with Crippen molar-refractivity contribution in [1.29, 1.82) is 0 Å². The molecule has 0 aliphatic rings. The molecule has 6 heteroatoms. The molecule has 19 heavy (non-hydrogen) atoms. The first-order valence-corrected chi connectivity index (χ1v) is 7.82. The van der Waals surface area contributed by atoms with E-state index >= 15 is 0 Å². The maximum atomic E-state index is 13.0. The van der Waals surface area contributed by atoms with Gasteiger partial charge >= 0.3 is 0 Å². The summed E-state index contributed by atoms with van der Waals surface area (Å²) >= 11 is 0. The van der Waals surface area contributed by atoms with Crippen molar-refractivity contribution in [3.05, 3.63) is 30.1 Å². The topological polar surface area (TPSA) is 66.4 Å². The zero-order valence-corrected chi connectivity index (χ0v) is 12.0. The standard InChI is InChI=1S/C13H20FNO3S/c1-3-10(4-2)13(16)9-15-19(17,18)12-7-5-6-11(14)8-12/h5-8,10,13,15-16H,3-4,9H2,1-2H3. The Bertz CT molecular complexity index is 500. The van der Waals surface area contributed by atoms with Crippen molar-refractivity contribution in [2.24, 2.45) is 5.92 Å². The normalized spacial score (nSPS) is 13.7. The molecular formula is C13H20FNO3S. The summed E-state index contributed by atoms with van der Waals surface area (Å²) in [7, 11) is -3.78. The Morgan fingerprint density at radius 2 is 1.95 bits per heavy atom. The molecule has 0 aliphatic carbocycles. The highest BCUT2D eigenvalue weighted by Gasteiger charge is 2.20. The van der Waals surface area contributed by atoms with Gasteiger partial charge in [-0.2, -0.15) is 0 Å². The molecule has 0 saturated carbocycles. The summed E-state index contributed by atoms with van der Waals surface area (Å²) in [4.78, 5) is -0.135. The van der Waals surface area contributed by atoms with Gasteiger partial charge in [-0.25, -0.2) is 17.5 Å². The van der Waals surface area contributed by atoms with Crippen LogP contribution in [0.4, 0.5) is 4.39 Å². The quantitative estimate of drug-likeness (QED) is 0.805. The van der Waals surface area contributed by atoms with E-state index in [0.717, 1.165) is 18.9 Å². The van der Waals surface area contributed by atoms with Gasteiger partial charge in [0.15, 0.2) is 0 Å². The predicted octanol–water partition coefficient (Wildman–Crippen LogP) is 1.90. The smallest absolute Gasteiger partial charge is 0.240 e. The summed E-state index contributed by atoms with van der Waals surface area (Å²) in [5, 5.41) is 9.87. The number of nitrogens with one attached hydrogen (secondary N) is 1. The molecule has 0 heterocycles. The molecule has 1 rings (SSSR count). The summed E-state index contributed by atoms with van der Waals surface area (Å²) < 4.78 is 39.1. The summed E-state index contributed by atoms with van der Waals surface area (Å²) in [5.74, 6) is -0.557. The number of hydrogen-bond acceptors (Lipinski definition) is 3. The number of aliphatic hydroxyl groups is 1. The Labute approximate surface area is 113 Å². The number of halogens is 1. The summed E-state index contributed by atoms with van der Waals surface area (Å²) in [6.45, 7) is 3.82. The Kier molecular flexibility index (Phi) is 5.90. The van der Waals surface area contributed by atoms with Gasteiger partial charge in [0.1, 0.15) is 5.82 Å². The lowest BCUT2D eigenvalue weighted by atomic mass is 9.97. The van der Waals surface area contributed by atoms with Crippen molar-refractivity contribution in [1.82, 2.24) is 4.72 Å².